The van der Waals surface area contributed by atoms with E-state index < -0.39 is 17.8 Å². The number of nitrogens with two attached hydrogens (primary N) is 1. The molecule has 0 saturated carbocycles. The molecule has 1 aliphatic carbocycles. The van der Waals surface area contributed by atoms with E-state index in [1.165, 1.54) is 11.3 Å². The summed E-state index contributed by atoms with van der Waals surface area (Å²) in [6.07, 6.45) is -2.02. The Hall–Kier alpha value is -2.36. The molecule has 2 rings (SSSR count). The van der Waals surface area contributed by atoms with Crippen molar-refractivity contribution in [3.63, 3.8) is 0 Å². The van der Waals surface area contributed by atoms with Crippen LogP contribution in [0.15, 0.2) is 11.3 Å². The van der Waals surface area contributed by atoms with E-state index in [9.17, 15) is 22.8 Å². The van der Waals surface area contributed by atoms with Crippen molar-refractivity contribution in [3.8, 4) is 0 Å². The highest BCUT2D eigenvalue weighted by Gasteiger charge is 2.38. The topological polar surface area (TPSA) is 108 Å². The van der Waals surface area contributed by atoms with Crippen molar-refractivity contribution in [1.29, 1.82) is 5.41 Å². The number of primary amides is 1. The van der Waals surface area contributed by atoms with Gasteiger partial charge in [0.15, 0.2) is 0 Å². The zero-order valence-electron chi connectivity index (χ0n) is 16.4. The molecule has 0 radical (unpaired) electrons. The Kier molecular flexibility index (Phi) is 7.45. The third-order valence-electron chi connectivity index (χ3n) is 4.86. The molecule has 1 aromatic rings. The van der Waals surface area contributed by atoms with Crippen LogP contribution in [0.1, 0.15) is 59.3 Å². The van der Waals surface area contributed by atoms with Crippen molar-refractivity contribution in [2.45, 2.75) is 58.5 Å². The largest absolute Gasteiger partial charge is 0.432 e. The summed E-state index contributed by atoms with van der Waals surface area (Å²) in [6.45, 7) is 3.92. The molecular weight excluding hydrogens is 405 g/mol. The van der Waals surface area contributed by atoms with Crippen molar-refractivity contribution >= 4 is 33.9 Å². The first kappa shape index (κ1) is 22.9. The number of nitrogens with one attached hydrogen (secondary N) is 3. The lowest BCUT2D eigenvalue weighted by Crippen LogP contribution is -2.30. The van der Waals surface area contributed by atoms with Crippen molar-refractivity contribution in [2.24, 2.45) is 5.73 Å². The predicted molar refractivity (Wildman–Crippen MR) is 107 cm³/mol. The maximum atomic E-state index is 12.9. The van der Waals surface area contributed by atoms with Crippen LogP contribution >= 0.6 is 11.3 Å². The van der Waals surface area contributed by atoms with Crippen LogP contribution in [0.2, 0.25) is 0 Å². The Labute approximate surface area is 171 Å². The van der Waals surface area contributed by atoms with Gasteiger partial charge in [-0.05, 0) is 51.5 Å². The first-order chi connectivity index (χ1) is 13.5. The molecule has 0 fully saturated rings. The van der Waals surface area contributed by atoms with E-state index >= 15 is 0 Å². The SMILES string of the molecule is Cc1sc(NC(=O)CCCNC2=C(C(=N)C(F)(F)F)CCCC2)c(C(N)=O)c1C. The molecule has 5 N–H and O–H groups in total. The number of halogens is 3. The van der Waals surface area contributed by atoms with Crippen molar-refractivity contribution in [2.75, 3.05) is 11.9 Å². The van der Waals surface area contributed by atoms with Crippen LogP contribution in [0.25, 0.3) is 0 Å². The molecule has 10 heteroatoms. The maximum absolute atomic E-state index is 12.9. The Morgan fingerprint density at radius 1 is 1.21 bits per heavy atom. The number of hydrogen-bond donors (Lipinski definition) is 4. The molecule has 0 spiro atoms. The molecule has 2 amide bonds. The number of hydrogen-bond acceptors (Lipinski definition) is 5. The number of amides is 2. The van der Waals surface area contributed by atoms with Gasteiger partial charge in [-0.25, -0.2) is 0 Å². The van der Waals surface area contributed by atoms with E-state index in [4.69, 9.17) is 11.1 Å². The van der Waals surface area contributed by atoms with Crippen LogP contribution in [0, 0.1) is 19.3 Å². The van der Waals surface area contributed by atoms with Gasteiger partial charge in [0, 0.05) is 29.1 Å². The summed E-state index contributed by atoms with van der Waals surface area (Å²) in [6, 6.07) is 0. The lowest BCUT2D eigenvalue weighted by atomic mass is 9.92. The van der Waals surface area contributed by atoms with E-state index in [1.807, 2.05) is 6.92 Å². The smallest absolute Gasteiger partial charge is 0.388 e. The van der Waals surface area contributed by atoms with E-state index in [0.717, 1.165) is 16.9 Å². The predicted octanol–water partition coefficient (Wildman–Crippen LogP) is 4.18. The van der Waals surface area contributed by atoms with Crippen LogP contribution in [-0.4, -0.2) is 30.2 Å². The van der Waals surface area contributed by atoms with Gasteiger partial charge in [-0.3, -0.25) is 15.0 Å². The Balaban J connectivity index is 1.91. The van der Waals surface area contributed by atoms with Crippen LogP contribution < -0.4 is 16.4 Å². The first-order valence-corrected chi connectivity index (χ1v) is 10.2. The number of carbonyl (C=O) groups is 2. The second kappa shape index (κ2) is 9.43. The molecule has 29 heavy (non-hydrogen) atoms. The van der Waals surface area contributed by atoms with Crippen molar-refractivity contribution < 1.29 is 22.8 Å². The monoisotopic (exact) mass is 430 g/mol. The minimum absolute atomic E-state index is 0.0174. The highest BCUT2D eigenvalue weighted by Crippen LogP contribution is 2.32. The fourth-order valence-electron chi connectivity index (χ4n) is 3.24. The molecule has 160 valence electrons. The fourth-order valence-corrected chi connectivity index (χ4v) is 4.32. The van der Waals surface area contributed by atoms with Crippen molar-refractivity contribution in [1.82, 2.24) is 5.32 Å². The summed E-state index contributed by atoms with van der Waals surface area (Å²) in [5.41, 5.74) is 5.60. The highest BCUT2D eigenvalue weighted by atomic mass is 32.1. The van der Waals surface area contributed by atoms with E-state index in [-0.39, 0.29) is 24.3 Å². The minimum Gasteiger partial charge on any atom is -0.388 e. The molecule has 1 aliphatic rings. The van der Waals surface area contributed by atoms with Gasteiger partial charge in [-0.2, -0.15) is 13.2 Å². The van der Waals surface area contributed by atoms with Gasteiger partial charge >= 0.3 is 6.18 Å². The summed E-state index contributed by atoms with van der Waals surface area (Å²) < 4.78 is 38.6. The average Bonchev–Trinajstić information content (AvgIpc) is 2.91. The number of aryl methyl sites for hydroxylation is 1. The lowest BCUT2D eigenvalue weighted by molar-refractivity contribution is -0.116. The molecule has 6 nitrogen and oxygen atoms in total. The standard InChI is InChI=1S/C19H25F3N4O2S/c1-10-11(2)29-18(15(10)17(24)28)26-14(27)8-5-9-25-13-7-4-3-6-12(13)16(23)19(20,21)22/h23,25H,3-9H2,1-2H3,(H2,24,28)(H,26,27). The number of anilines is 1. The highest BCUT2D eigenvalue weighted by molar-refractivity contribution is 7.16. The van der Waals surface area contributed by atoms with E-state index in [1.54, 1.807) is 6.92 Å². The summed E-state index contributed by atoms with van der Waals surface area (Å²) in [5.74, 6) is -0.899. The number of alkyl halides is 3. The molecular formula is C19H25F3N4O2S. The lowest BCUT2D eigenvalue weighted by Gasteiger charge is -2.23. The molecule has 0 bridgehead atoms. The maximum Gasteiger partial charge on any atom is 0.432 e. The summed E-state index contributed by atoms with van der Waals surface area (Å²) in [7, 11) is 0. The van der Waals surface area contributed by atoms with Crippen LogP contribution in [0.4, 0.5) is 18.2 Å². The van der Waals surface area contributed by atoms with Gasteiger partial charge in [-0.1, -0.05) is 0 Å². The first-order valence-electron chi connectivity index (χ1n) is 9.34. The zero-order valence-corrected chi connectivity index (χ0v) is 17.2. The Morgan fingerprint density at radius 2 is 1.86 bits per heavy atom. The summed E-state index contributed by atoms with van der Waals surface area (Å²) >= 11 is 1.28. The van der Waals surface area contributed by atoms with Gasteiger partial charge in [0.05, 0.1) is 5.56 Å². The second-order valence-electron chi connectivity index (χ2n) is 6.97. The molecule has 0 aromatic carbocycles. The summed E-state index contributed by atoms with van der Waals surface area (Å²) in [5, 5.41) is 13.5. The van der Waals surface area contributed by atoms with Crippen molar-refractivity contribution in [3.05, 3.63) is 27.3 Å². The van der Waals surface area contributed by atoms with Gasteiger partial charge in [-0.15, -0.1) is 11.3 Å². The molecule has 0 atom stereocenters. The van der Waals surface area contributed by atoms with Crippen LogP contribution in [0.5, 0.6) is 0 Å². The normalized spacial score (nSPS) is 14.7. The summed E-state index contributed by atoms with van der Waals surface area (Å²) in [4.78, 5) is 24.7. The molecule has 0 unspecified atom stereocenters. The average molecular weight is 430 g/mol. The van der Waals surface area contributed by atoms with E-state index in [2.05, 4.69) is 10.6 Å². The zero-order chi connectivity index (χ0) is 21.8. The van der Waals surface area contributed by atoms with Gasteiger partial charge in [0.1, 0.15) is 10.7 Å². The van der Waals surface area contributed by atoms with Crippen LogP contribution in [-0.2, 0) is 4.79 Å². The molecule has 0 aliphatic heterocycles. The van der Waals surface area contributed by atoms with Gasteiger partial charge in [0.2, 0.25) is 5.91 Å². The third-order valence-corrected chi connectivity index (χ3v) is 5.98. The third kappa shape index (κ3) is 5.81. The minimum atomic E-state index is -4.66. The fraction of sp³-hybridized carbons (Fsp3) is 0.526. The van der Waals surface area contributed by atoms with Gasteiger partial charge in [0.25, 0.3) is 5.91 Å². The van der Waals surface area contributed by atoms with Crippen LogP contribution in [0.3, 0.4) is 0 Å². The quantitative estimate of drug-likeness (QED) is 0.367. The number of allylic oxidation sites excluding steroid dienone is 2. The number of rotatable bonds is 8. The number of carbonyl (C=O) groups excluding carboxylic acids is 2. The Bertz CT molecular complexity index is 843. The van der Waals surface area contributed by atoms with E-state index in [0.29, 0.717) is 42.1 Å². The second-order valence-corrected chi connectivity index (χ2v) is 8.19. The molecule has 1 aromatic heterocycles. The van der Waals surface area contributed by atoms with Gasteiger partial charge < -0.3 is 16.4 Å². The Morgan fingerprint density at radius 3 is 2.48 bits per heavy atom. The number of thiophene rings is 1. The molecule has 0 saturated heterocycles. The molecule has 1 heterocycles.